The molecule has 16 heteroatoms. The lowest BCUT2D eigenvalue weighted by Crippen LogP contribution is -2.54. The van der Waals surface area contributed by atoms with Gasteiger partial charge in [-0.1, -0.05) is 45.6 Å². The molecule has 340 valence electrons. The average Bonchev–Trinajstić information content (AvgIpc) is 3.44. The van der Waals surface area contributed by atoms with E-state index in [1.54, 1.807) is 17.0 Å². The van der Waals surface area contributed by atoms with Crippen molar-refractivity contribution in [2.45, 2.75) is 154 Å². The largest absolute Gasteiger partial charge is 0.460 e. The highest BCUT2D eigenvalue weighted by molar-refractivity contribution is 9.10. The van der Waals surface area contributed by atoms with Gasteiger partial charge in [0.15, 0.2) is 0 Å². The molecule has 5 atom stereocenters. The SMILES string of the molecule is CC(C)(C)OC(=O)C1CCC[C@@H](N2CCCC[C@@H](N)C2=O)C1.CC(C)(C)OC(=O)N1CCC[C@@H](N2CCCC[C@@H](Nc3cc(F)cc(Cl)c3)C2=O)C1.Fc1cc(Cl)cc(Br)c1. The van der Waals surface area contributed by atoms with Crippen LogP contribution in [0.2, 0.25) is 10.0 Å². The van der Waals surface area contributed by atoms with Crippen molar-refractivity contribution in [1.29, 1.82) is 0 Å². The molecular weight excluding hydrogens is 895 g/mol. The summed E-state index contributed by atoms with van der Waals surface area (Å²) in [5.74, 6) is -0.928. The summed E-state index contributed by atoms with van der Waals surface area (Å²) in [7, 11) is 0. The Balaban J connectivity index is 0.000000230. The van der Waals surface area contributed by atoms with Gasteiger partial charge in [-0.3, -0.25) is 14.4 Å². The zero-order valence-electron chi connectivity index (χ0n) is 36.4. The number of hydrogen-bond acceptors (Lipinski definition) is 8. The van der Waals surface area contributed by atoms with Crippen molar-refractivity contribution in [3.63, 3.8) is 0 Å². The van der Waals surface area contributed by atoms with Gasteiger partial charge in [-0.25, -0.2) is 13.6 Å². The molecule has 1 saturated carbocycles. The van der Waals surface area contributed by atoms with E-state index in [1.165, 1.54) is 24.3 Å². The van der Waals surface area contributed by atoms with E-state index in [9.17, 15) is 28.0 Å². The summed E-state index contributed by atoms with van der Waals surface area (Å²) in [6, 6.07) is 7.73. The van der Waals surface area contributed by atoms with Crippen molar-refractivity contribution in [2.24, 2.45) is 11.7 Å². The molecule has 3 saturated heterocycles. The first kappa shape index (κ1) is 50.4. The number of nitrogens with one attached hydrogen (secondary N) is 1. The molecular formula is C45H64BrCl2F2N5O6. The van der Waals surface area contributed by atoms with Crippen LogP contribution in [0.3, 0.4) is 0 Å². The molecule has 1 aliphatic carbocycles. The minimum atomic E-state index is -0.552. The third kappa shape index (κ3) is 16.8. The monoisotopic (exact) mass is 957 g/mol. The topological polar surface area (TPSA) is 135 Å². The van der Waals surface area contributed by atoms with Crippen LogP contribution in [0.5, 0.6) is 0 Å². The molecule has 3 amide bonds. The van der Waals surface area contributed by atoms with Crippen molar-refractivity contribution in [2.75, 3.05) is 31.5 Å². The fourth-order valence-electron chi connectivity index (χ4n) is 8.12. The van der Waals surface area contributed by atoms with Gasteiger partial charge >= 0.3 is 12.1 Å². The predicted molar refractivity (Wildman–Crippen MR) is 239 cm³/mol. The van der Waals surface area contributed by atoms with E-state index in [-0.39, 0.29) is 58.8 Å². The number of nitrogens with zero attached hydrogens (tertiary/aromatic N) is 3. The number of benzene rings is 2. The van der Waals surface area contributed by atoms with Crippen LogP contribution in [-0.2, 0) is 23.9 Å². The molecule has 61 heavy (non-hydrogen) atoms. The van der Waals surface area contributed by atoms with Crippen LogP contribution in [0.4, 0.5) is 19.3 Å². The van der Waals surface area contributed by atoms with Crippen LogP contribution < -0.4 is 11.1 Å². The maximum Gasteiger partial charge on any atom is 0.410 e. The van der Waals surface area contributed by atoms with Crippen LogP contribution in [0, 0.1) is 17.6 Å². The molecule has 0 spiro atoms. The number of rotatable bonds is 5. The second-order valence-electron chi connectivity index (χ2n) is 18.4. The van der Waals surface area contributed by atoms with E-state index >= 15 is 0 Å². The molecule has 1 unspecified atom stereocenters. The van der Waals surface area contributed by atoms with Gasteiger partial charge in [0.1, 0.15) is 28.9 Å². The summed E-state index contributed by atoms with van der Waals surface area (Å²) in [5, 5.41) is 3.86. The van der Waals surface area contributed by atoms with Gasteiger partial charge in [-0.15, -0.1) is 0 Å². The highest BCUT2D eigenvalue weighted by atomic mass is 79.9. The summed E-state index contributed by atoms with van der Waals surface area (Å²) in [6.07, 6.45) is 10.1. The van der Waals surface area contributed by atoms with Gasteiger partial charge in [0, 0.05) is 58.5 Å². The zero-order valence-corrected chi connectivity index (χ0v) is 39.5. The van der Waals surface area contributed by atoms with Crippen molar-refractivity contribution in [3.8, 4) is 0 Å². The number of piperidine rings is 1. The summed E-state index contributed by atoms with van der Waals surface area (Å²) < 4.78 is 37.7. The molecule has 2 aromatic carbocycles. The van der Waals surface area contributed by atoms with Crippen LogP contribution >= 0.6 is 39.1 Å². The predicted octanol–water partition coefficient (Wildman–Crippen LogP) is 10.1. The lowest BCUT2D eigenvalue weighted by atomic mass is 9.84. The molecule has 3 N–H and O–H groups in total. The fraction of sp³-hybridized carbons (Fsp3) is 0.644. The van der Waals surface area contributed by atoms with E-state index in [0.29, 0.717) is 47.7 Å². The third-order valence-corrected chi connectivity index (χ3v) is 11.7. The Labute approximate surface area is 378 Å². The first-order valence-corrected chi connectivity index (χ1v) is 23.0. The smallest absolute Gasteiger partial charge is 0.410 e. The Morgan fingerprint density at radius 1 is 0.721 bits per heavy atom. The molecule has 0 bridgehead atoms. The number of ether oxygens (including phenoxy) is 2. The lowest BCUT2D eigenvalue weighted by Gasteiger charge is -2.40. The van der Waals surface area contributed by atoms with Crippen LogP contribution in [0.1, 0.15) is 119 Å². The van der Waals surface area contributed by atoms with Gasteiger partial charge in [0.2, 0.25) is 11.8 Å². The minimum absolute atomic E-state index is 0.0103. The summed E-state index contributed by atoms with van der Waals surface area (Å²) in [6.45, 7) is 13.8. The Kier molecular flexibility index (Phi) is 19.0. The van der Waals surface area contributed by atoms with Crippen LogP contribution in [0.25, 0.3) is 0 Å². The number of carbonyl (C=O) groups is 4. The minimum Gasteiger partial charge on any atom is -0.460 e. The molecule has 3 aliphatic heterocycles. The van der Waals surface area contributed by atoms with Gasteiger partial charge in [-0.05, 0) is 149 Å². The Morgan fingerprint density at radius 2 is 1.31 bits per heavy atom. The van der Waals surface area contributed by atoms with Gasteiger partial charge in [0.25, 0.3) is 0 Å². The number of carbonyl (C=O) groups excluding carboxylic acids is 4. The Bertz CT molecular complexity index is 1740. The Hall–Kier alpha value is -3.20. The van der Waals surface area contributed by atoms with E-state index in [4.69, 9.17) is 38.4 Å². The van der Waals surface area contributed by atoms with Gasteiger partial charge in [0.05, 0.1) is 12.0 Å². The van der Waals surface area contributed by atoms with E-state index in [0.717, 1.165) is 70.8 Å². The first-order chi connectivity index (χ1) is 28.6. The zero-order chi connectivity index (χ0) is 45.1. The van der Waals surface area contributed by atoms with E-state index < -0.39 is 23.1 Å². The maximum absolute atomic E-state index is 13.7. The first-order valence-electron chi connectivity index (χ1n) is 21.5. The number of likely N-dealkylation sites (tertiary alicyclic amines) is 3. The van der Waals surface area contributed by atoms with Gasteiger partial charge < -0.3 is 35.2 Å². The normalized spacial score (nSPS) is 23.9. The fourth-order valence-corrected chi connectivity index (χ4v) is 9.16. The molecule has 0 aromatic heterocycles. The molecule has 0 radical (unpaired) electrons. The number of halogens is 5. The molecule has 4 aliphatic rings. The summed E-state index contributed by atoms with van der Waals surface area (Å²) in [4.78, 5) is 56.1. The van der Waals surface area contributed by atoms with E-state index in [1.807, 2.05) is 51.3 Å². The number of esters is 1. The highest BCUT2D eigenvalue weighted by Crippen LogP contribution is 2.32. The number of anilines is 1. The number of hydrogen-bond donors (Lipinski definition) is 2. The quantitative estimate of drug-likeness (QED) is 0.283. The summed E-state index contributed by atoms with van der Waals surface area (Å²) in [5.41, 5.74) is 5.46. The van der Waals surface area contributed by atoms with Crippen molar-refractivity contribution >= 4 is 68.7 Å². The molecule has 11 nitrogen and oxygen atoms in total. The lowest BCUT2D eigenvalue weighted by molar-refractivity contribution is -0.162. The molecule has 4 fully saturated rings. The number of amides is 3. The van der Waals surface area contributed by atoms with Crippen molar-refractivity contribution in [3.05, 3.63) is 62.6 Å². The highest BCUT2D eigenvalue weighted by Gasteiger charge is 2.38. The molecule has 3 heterocycles. The van der Waals surface area contributed by atoms with Crippen molar-refractivity contribution < 1.29 is 37.4 Å². The standard InChI is InChI=1S/C22H31ClFN3O3.C17H30N2O3.C6H3BrClF/c1-22(2,3)30-21(29)26-9-6-7-18(14-26)27-10-5-4-8-19(20(27)28)25-17-12-15(23)11-16(24)13-17;1-17(2,3)22-16(21)12-7-6-8-13(11-12)19-10-5-4-9-14(18)15(19)20;7-4-1-5(8)3-6(9)2-4/h11-13,18-19,25H,4-10,14H2,1-3H3;12-14H,4-11,18H2,1-3H3;1-3H/t18-,19-;12?,13-,14-;/m11./s1. The summed E-state index contributed by atoms with van der Waals surface area (Å²) >= 11 is 14.5. The molecule has 6 rings (SSSR count). The van der Waals surface area contributed by atoms with E-state index in [2.05, 4.69) is 21.2 Å². The average molecular weight is 960 g/mol. The second-order valence-corrected chi connectivity index (χ2v) is 20.2. The van der Waals surface area contributed by atoms with Gasteiger partial charge in [-0.2, -0.15) is 0 Å². The molecule has 2 aromatic rings. The third-order valence-electron chi connectivity index (χ3n) is 10.8. The Morgan fingerprint density at radius 3 is 1.92 bits per heavy atom. The van der Waals surface area contributed by atoms with Crippen molar-refractivity contribution in [1.82, 2.24) is 14.7 Å². The maximum atomic E-state index is 13.7. The van der Waals surface area contributed by atoms with Crippen LogP contribution in [0.15, 0.2) is 40.9 Å². The van der Waals surface area contributed by atoms with Crippen LogP contribution in [-0.4, -0.2) is 100 Å². The second kappa shape index (κ2) is 22.9. The number of nitrogens with two attached hydrogens (primary N) is 1.